The van der Waals surface area contributed by atoms with Gasteiger partial charge in [0.1, 0.15) is 11.6 Å². The highest BCUT2D eigenvalue weighted by Gasteiger charge is 2.10. The van der Waals surface area contributed by atoms with Crippen LogP contribution in [0.4, 0.5) is 20.7 Å². The fraction of sp³-hybridized carbons (Fsp3) is 0.133. The second kappa shape index (κ2) is 6.30. The number of carbonyl (C=O) groups is 1. The number of aryl methyl sites for hydroxylation is 1. The summed E-state index contributed by atoms with van der Waals surface area (Å²) < 4.78 is 16.8. The van der Waals surface area contributed by atoms with Crippen molar-refractivity contribution in [1.82, 2.24) is 19.6 Å². The Labute approximate surface area is 131 Å². The van der Waals surface area contributed by atoms with E-state index in [-0.39, 0.29) is 12.4 Å². The van der Waals surface area contributed by atoms with E-state index in [4.69, 9.17) is 0 Å². The summed E-state index contributed by atoms with van der Waals surface area (Å²) in [5, 5.41) is 13.4. The van der Waals surface area contributed by atoms with Gasteiger partial charge in [-0.3, -0.25) is 10.00 Å². The lowest BCUT2D eigenvalue weighted by Gasteiger charge is -2.10. The topological polar surface area (TPSA) is 76.8 Å². The third-order valence-corrected chi connectivity index (χ3v) is 3.20. The van der Waals surface area contributed by atoms with Crippen molar-refractivity contribution in [3.05, 3.63) is 60.3 Å². The minimum absolute atomic E-state index is 0.224. The smallest absolute Gasteiger partial charge is 0.305 e. The molecule has 8 heteroatoms. The Morgan fingerprint density at radius 1 is 1.22 bits per heavy atom. The van der Waals surface area contributed by atoms with Gasteiger partial charge in [-0.05, 0) is 6.07 Å². The van der Waals surface area contributed by atoms with Gasteiger partial charge in [0.25, 0.3) is 0 Å². The number of urea groups is 1. The van der Waals surface area contributed by atoms with E-state index in [0.717, 1.165) is 0 Å². The lowest BCUT2D eigenvalue weighted by atomic mass is 10.2. The zero-order chi connectivity index (χ0) is 16.2. The van der Waals surface area contributed by atoms with E-state index in [1.165, 1.54) is 16.9 Å². The summed E-state index contributed by atoms with van der Waals surface area (Å²) in [6.45, 7) is 0.224. The van der Waals surface area contributed by atoms with Crippen LogP contribution in [0, 0.1) is 5.82 Å². The van der Waals surface area contributed by atoms with Gasteiger partial charge in [-0.15, -0.1) is 0 Å². The molecule has 0 unspecified atom stereocenters. The summed E-state index contributed by atoms with van der Waals surface area (Å²) >= 11 is 0. The highest BCUT2D eigenvalue weighted by molar-refractivity contribution is 5.99. The minimum Gasteiger partial charge on any atom is -0.305 e. The fourth-order valence-electron chi connectivity index (χ4n) is 2.12. The molecule has 0 aliphatic rings. The van der Waals surface area contributed by atoms with Crippen LogP contribution in [-0.2, 0) is 13.6 Å². The number of hydrogen-bond donors (Lipinski definition) is 2. The van der Waals surface area contributed by atoms with E-state index in [0.29, 0.717) is 17.1 Å². The van der Waals surface area contributed by atoms with E-state index >= 15 is 0 Å². The molecule has 2 aromatic heterocycles. The van der Waals surface area contributed by atoms with E-state index in [1.807, 2.05) is 0 Å². The van der Waals surface area contributed by atoms with Gasteiger partial charge in [0.2, 0.25) is 0 Å². The van der Waals surface area contributed by atoms with Crippen molar-refractivity contribution in [2.45, 2.75) is 6.54 Å². The Morgan fingerprint density at radius 2 is 2.04 bits per heavy atom. The van der Waals surface area contributed by atoms with Crippen molar-refractivity contribution in [2.24, 2.45) is 7.05 Å². The van der Waals surface area contributed by atoms with Gasteiger partial charge in [0, 0.05) is 24.9 Å². The van der Waals surface area contributed by atoms with Crippen molar-refractivity contribution >= 4 is 17.5 Å². The van der Waals surface area contributed by atoms with Gasteiger partial charge in [-0.1, -0.05) is 18.2 Å². The Morgan fingerprint density at radius 3 is 2.78 bits per heavy atom. The first kappa shape index (κ1) is 14.8. The normalized spacial score (nSPS) is 10.5. The van der Waals surface area contributed by atoms with Crippen LogP contribution in [0.15, 0.2) is 48.9 Å². The highest BCUT2D eigenvalue weighted by Crippen LogP contribution is 2.13. The average molecular weight is 314 g/mol. The first-order valence-electron chi connectivity index (χ1n) is 6.94. The number of nitrogens with one attached hydrogen (secondary N) is 2. The quantitative estimate of drug-likeness (QED) is 0.776. The Balaban J connectivity index is 1.68. The maximum atomic E-state index is 13.7. The molecule has 2 amide bonds. The van der Waals surface area contributed by atoms with Crippen LogP contribution in [-0.4, -0.2) is 25.6 Å². The molecule has 118 valence electrons. The first-order chi connectivity index (χ1) is 11.1. The lowest BCUT2D eigenvalue weighted by Crippen LogP contribution is -2.21. The third-order valence-electron chi connectivity index (χ3n) is 3.20. The van der Waals surface area contributed by atoms with Gasteiger partial charge in [-0.2, -0.15) is 10.2 Å². The largest absolute Gasteiger partial charge is 0.324 e. The van der Waals surface area contributed by atoms with Gasteiger partial charge < -0.3 is 5.32 Å². The number of anilines is 2. The molecule has 0 radical (unpaired) electrons. The van der Waals surface area contributed by atoms with E-state index in [1.54, 1.807) is 48.4 Å². The Bertz CT molecular complexity index is 825. The van der Waals surface area contributed by atoms with Crippen LogP contribution in [0.25, 0.3) is 0 Å². The van der Waals surface area contributed by atoms with Crippen LogP contribution in [0.5, 0.6) is 0 Å². The number of carbonyl (C=O) groups excluding carboxylic acids is 1. The van der Waals surface area contributed by atoms with Crippen molar-refractivity contribution in [3.8, 4) is 0 Å². The van der Waals surface area contributed by atoms with Crippen molar-refractivity contribution in [2.75, 3.05) is 10.6 Å². The number of halogens is 1. The molecule has 2 N–H and O–H groups in total. The summed E-state index contributed by atoms with van der Waals surface area (Å²) in [5.74, 6) is 0.156. The van der Waals surface area contributed by atoms with Crippen LogP contribution in [0.1, 0.15) is 5.56 Å². The number of rotatable bonds is 4. The molecule has 3 aromatic rings. The molecule has 0 fully saturated rings. The zero-order valence-corrected chi connectivity index (χ0v) is 12.4. The van der Waals surface area contributed by atoms with Crippen molar-refractivity contribution < 1.29 is 9.18 Å². The Kier molecular flexibility index (Phi) is 4.05. The summed E-state index contributed by atoms with van der Waals surface area (Å²) in [5.41, 5.74) is 1.07. The van der Waals surface area contributed by atoms with Gasteiger partial charge in [0.05, 0.1) is 24.6 Å². The molecule has 0 aliphatic heterocycles. The van der Waals surface area contributed by atoms with E-state index < -0.39 is 6.03 Å². The number of amides is 2. The van der Waals surface area contributed by atoms with Gasteiger partial charge in [-0.25, -0.2) is 13.9 Å². The number of aromatic nitrogens is 4. The molecule has 3 rings (SSSR count). The monoisotopic (exact) mass is 314 g/mol. The van der Waals surface area contributed by atoms with Crippen molar-refractivity contribution in [1.29, 1.82) is 0 Å². The molecule has 0 aliphatic carbocycles. The maximum Gasteiger partial charge on any atom is 0.324 e. The van der Waals surface area contributed by atoms with Crippen LogP contribution >= 0.6 is 0 Å². The predicted molar refractivity (Wildman–Crippen MR) is 83.6 cm³/mol. The standard InChI is InChI=1S/C15H15FN6O/c1-21-10-12(8-18-21)19-15(23)20-14-6-7-17-22(14)9-11-4-2-3-5-13(11)16/h2-8,10H,9H2,1H3,(H2,19,20,23). The predicted octanol–water partition coefficient (Wildman–Crippen LogP) is 2.45. The lowest BCUT2D eigenvalue weighted by molar-refractivity contribution is 0.262. The second-order valence-electron chi connectivity index (χ2n) is 4.95. The molecule has 0 saturated carbocycles. The summed E-state index contributed by atoms with van der Waals surface area (Å²) in [6.07, 6.45) is 4.76. The molecular weight excluding hydrogens is 299 g/mol. The zero-order valence-electron chi connectivity index (χ0n) is 12.4. The summed E-state index contributed by atoms with van der Waals surface area (Å²) in [7, 11) is 1.76. The van der Waals surface area contributed by atoms with E-state index in [2.05, 4.69) is 20.8 Å². The number of benzene rings is 1. The Hall–Kier alpha value is -3.16. The fourth-order valence-corrected chi connectivity index (χ4v) is 2.12. The molecule has 7 nitrogen and oxygen atoms in total. The number of hydrogen-bond acceptors (Lipinski definition) is 3. The van der Waals surface area contributed by atoms with E-state index in [9.17, 15) is 9.18 Å². The summed E-state index contributed by atoms with van der Waals surface area (Å²) in [6, 6.07) is 7.67. The highest BCUT2D eigenvalue weighted by atomic mass is 19.1. The minimum atomic E-state index is -0.423. The van der Waals surface area contributed by atoms with Crippen LogP contribution in [0.2, 0.25) is 0 Å². The first-order valence-corrected chi connectivity index (χ1v) is 6.94. The molecular formula is C15H15FN6O. The second-order valence-corrected chi connectivity index (χ2v) is 4.95. The molecule has 0 saturated heterocycles. The third kappa shape index (κ3) is 3.54. The number of nitrogens with zero attached hydrogens (tertiary/aromatic N) is 4. The molecule has 0 bridgehead atoms. The molecule has 2 heterocycles. The SMILES string of the molecule is Cn1cc(NC(=O)Nc2ccnn2Cc2ccccc2F)cn1. The van der Waals surface area contributed by atoms with Gasteiger partial charge in [0.15, 0.2) is 0 Å². The van der Waals surface area contributed by atoms with Crippen LogP contribution < -0.4 is 10.6 Å². The van der Waals surface area contributed by atoms with Crippen LogP contribution in [0.3, 0.4) is 0 Å². The summed E-state index contributed by atoms with van der Waals surface area (Å²) in [4.78, 5) is 12.0. The van der Waals surface area contributed by atoms with Crippen molar-refractivity contribution in [3.63, 3.8) is 0 Å². The maximum absolute atomic E-state index is 13.7. The molecule has 1 aromatic carbocycles. The molecule has 0 atom stereocenters. The molecule has 0 spiro atoms. The van der Waals surface area contributed by atoms with Gasteiger partial charge >= 0.3 is 6.03 Å². The average Bonchev–Trinajstić information content (AvgIpc) is 3.11. The molecule has 23 heavy (non-hydrogen) atoms.